The first-order chi connectivity index (χ1) is 5.33. The highest BCUT2D eigenvalue weighted by Gasteiger charge is 2.21. The molecule has 0 saturated heterocycles. The lowest BCUT2D eigenvalue weighted by molar-refractivity contribution is 0.0364. The van der Waals surface area contributed by atoms with Crippen molar-refractivity contribution in [1.82, 2.24) is 0 Å². The minimum absolute atomic E-state index is 0.226. The Bertz CT molecular complexity index is 99.7. The summed E-state index contributed by atoms with van der Waals surface area (Å²) in [6.07, 6.45) is 4.64. The number of hydrogen-bond donors (Lipinski definition) is 1. The van der Waals surface area contributed by atoms with Gasteiger partial charge in [-0.2, -0.15) is 0 Å². The zero-order chi connectivity index (χ0) is 8.10. The van der Waals surface area contributed by atoms with Gasteiger partial charge >= 0.3 is 0 Å². The lowest BCUT2D eigenvalue weighted by Crippen LogP contribution is -2.15. The van der Waals surface area contributed by atoms with Crippen LogP contribution in [0.25, 0.3) is 0 Å². The summed E-state index contributed by atoms with van der Waals surface area (Å²) in [6, 6.07) is 0. The Labute approximate surface area is 68.6 Å². The molecule has 1 rings (SSSR count). The molecule has 0 aromatic rings. The molecule has 1 saturated carbocycles. The van der Waals surface area contributed by atoms with Crippen LogP contribution in [0.3, 0.4) is 0 Å². The van der Waals surface area contributed by atoms with Gasteiger partial charge in [-0.15, -0.1) is 0 Å². The quantitative estimate of drug-likeness (QED) is 0.636. The molecule has 0 radical (unpaired) electrons. The van der Waals surface area contributed by atoms with Crippen molar-refractivity contribution in [3.05, 3.63) is 0 Å². The van der Waals surface area contributed by atoms with E-state index in [1.165, 1.54) is 19.3 Å². The van der Waals surface area contributed by atoms with Crippen LogP contribution >= 0.6 is 0 Å². The van der Waals surface area contributed by atoms with Crippen LogP contribution in [0.5, 0.6) is 0 Å². The molecule has 0 bridgehead atoms. The van der Waals surface area contributed by atoms with Gasteiger partial charge in [0.1, 0.15) is 0 Å². The highest BCUT2D eigenvalue weighted by molar-refractivity contribution is 4.74. The molecule has 1 N–H and O–H groups in total. The SMILES string of the molecule is CCOCC(O)CCC1CC1. The average Bonchev–Trinajstić information content (AvgIpc) is 2.80. The van der Waals surface area contributed by atoms with E-state index >= 15 is 0 Å². The highest BCUT2D eigenvalue weighted by atomic mass is 16.5. The van der Waals surface area contributed by atoms with Crippen LogP contribution in [0.4, 0.5) is 0 Å². The van der Waals surface area contributed by atoms with Crippen LogP contribution in [0.2, 0.25) is 0 Å². The van der Waals surface area contributed by atoms with Crippen molar-refractivity contribution in [3.8, 4) is 0 Å². The van der Waals surface area contributed by atoms with Gasteiger partial charge in [-0.25, -0.2) is 0 Å². The van der Waals surface area contributed by atoms with Crippen molar-refractivity contribution in [3.63, 3.8) is 0 Å². The largest absolute Gasteiger partial charge is 0.391 e. The van der Waals surface area contributed by atoms with Crippen molar-refractivity contribution >= 4 is 0 Å². The molecule has 1 unspecified atom stereocenters. The smallest absolute Gasteiger partial charge is 0.0773 e. The molecule has 0 aromatic carbocycles. The normalized spacial score (nSPS) is 20.2. The van der Waals surface area contributed by atoms with Gasteiger partial charge in [0.05, 0.1) is 12.7 Å². The van der Waals surface area contributed by atoms with Crippen molar-refractivity contribution < 1.29 is 9.84 Å². The van der Waals surface area contributed by atoms with Gasteiger partial charge in [0.2, 0.25) is 0 Å². The Morgan fingerprint density at radius 2 is 2.27 bits per heavy atom. The van der Waals surface area contributed by atoms with E-state index in [4.69, 9.17) is 4.74 Å². The summed E-state index contributed by atoms with van der Waals surface area (Å²) in [4.78, 5) is 0. The van der Waals surface area contributed by atoms with Crippen LogP contribution in [0.1, 0.15) is 32.6 Å². The standard InChI is InChI=1S/C9H18O2/c1-2-11-7-9(10)6-5-8-3-4-8/h8-10H,2-7H2,1H3. The summed E-state index contributed by atoms with van der Waals surface area (Å²) in [5.74, 6) is 0.922. The first-order valence-electron chi connectivity index (χ1n) is 4.58. The fourth-order valence-corrected chi connectivity index (χ4v) is 1.17. The van der Waals surface area contributed by atoms with Gasteiger partial charge in [-0.1, -0.05) is 12.8 Å². The molecule has 1 aliphatic rings. The maximum absolute atomic E-state index is 9.33. The van der Waals surface area contributed by atoms with E-state index in [2.05, 4.69) is 0 Å². The second kappa shape index (κ2) is 4.73. The van der Waals surface area contributed by atoms with Crippen LogP contribution < -0.4 is 0 Å². The Morgan fingerprint density at radius 3 is 2.82 bits per heavy atom. The Balaban J connectivity index is 1.87. The van der Waals surface area contributed by atoms with E-state index in [-0.39, 0.29) is 6.10 Å². The zero-order valence-corrected chi connectivity index (χ0v) is 7.25. The third-order valence-electron chi connectivity index (χ3n) is 2.12. The van der Waals surface area contributed by atoms with Gasteiger partial charge in [0, 0.05) is 6.61 Å². The van der Waals surface area contributed by atoms with E-state index in [1.807, 2.05) is 6.92 Å². The predicted molar refractivity (Wildman–Crippen MR) is 44.5 cm³/mol. The highest BCUT2D eigenvalue weighted by Crippen LogP contribution is 2.33. The van der Waals surface area contributed by atoms with Gasteiger partial charge in [0.15, 0.2) is 0 Å². The minimum Gasteiger partial charge on any atom is -0.391 e. The Hall–Kier alpha value is -0.0800. The average molecular weight is 158 g/mol. The fraction of sp³-hybridized carbons (Fsp3) is 1.00. The van der Waals surface area contributed by atoms with E-state index < -0.39 is 0 Å². The zero-order valence-electron chi connectivity index (χ0n) is 7.25. The molecule has 0 amide bonds. The second-order valence-electron chi connectivity index (χ2n) is 3.33. The number of rotatable bonds is 6. The fourth-order valence-electron chi connectivity index (χ4n) is 1.17. The molecule has 0 aliphatic heterocycles. The minimum atomic E-state index is -0.226. The maximum atomic E-state index is 9.33. The van der Waals surface area contributed by atoms with E-state index in [1.54, 1.807) is 0 Å². The Morgan fingerprint density at radius 1 is 1.55 bits per heavy atom. The molecule has 0 aromatic heterocycles. The summed E-state index contributed by atoms with van der Waals surface area (Å²) in [6.45, 7) is 3.18. The molecule has 0 spiro atoms. The monoisotopic (exact) mass is 158 g/mol. The summed E-state index contributed by atoms with van der Waals surface area (Å²) in [7, 11) is 0. The van der Waals surface area contributed by atoms with Crippen LogP contribution in [-0.2, 0) is 4.74 Å². The van der Waals surface area contributed by atoms with Gasteiger partial charge in [0.25, 0.3) is 0 Å². The number of ether oxygens (including phenoxy) is 1. The van der Waals surface area contributed by atoms with Crippen molar-refractivity contribution in [2.24, 2.45) is 5.92 Å². The molecular formula is C9H18O2. The van der Waals surface area contributed by atoms with Crippen molar-refractivity contribution in [1.29, 1.82) is 0 Å². The van der Waals surface area contributed by atoms with E-state index in [0.29, 0.717) is 13.2 Å². The Kier molecular flexibility index (Phi) is 3.87. The molecule has 1 atom stereocenters. The van der Waals surface area contributed by atoms with Gasteiger partial charge < -0.3 is 9.84 Å². The topological polar surface area (TPSA) is 29.5 Å². The lowest BCUT2D eigenvalue weighted by atomic mass is 10.1. The third kappa shape index (κ3) is 4.38. The molecule has 2 heteroatoms. The van der Waals surface area contributed by atoms with E-state index in [0.717, 1.165) is 12.3 Å². The van der Waals surface area contributed by atoms with Crippen molar-refractivity contribution in [2.75, 3.05) is 13.2 Å². The van der Waals surface area contributed by atoms with Crippen LogP contribution in [0.15, 0.2) is 0 Å². The first kappa shape index (κ1) is 9.01. The predicted octanol–water partition coefficient (Wildman–Crippen LogP) is 1.57. The number of hydrogen-bond acceptors (Lipinski definition) is 2. The second-order valence-corrected chi connectivity index (χ2v) is 3.33. The van der Waals surface area contributed by atoms with Crippen LogP contribution in [0, 0.1) is 5.92 Å². The number of aliphatic hydroxyl groups is 1. The first-order valence-corrected chi connectivity index (χ1v) is 4.58. The van der Waals surface area contributed by atoms with Crippen molar-refractivity contribution in [2.45, 2.75) is 38.7 Å². The summed E-state index contributed by atoms with van der Waals surface area (Å²) < 4.78 is 5.10. The lowest BCUT2D eigenvalue weighted by Gasteiger charge is -2.08. The van der Waals surface area contributed by atoms with E-state index in [9.17, 15) is 5.11 Å². The number of aliphatic hydroxyl groups excluding tert-OH is 1. The summed E-state index contributed by atoms with van der Waals surface area (Å²) >= 11 is 0. The molecule has 66 valence electrons. The molecule has 1 fully saturated rings. The molecule has 0 heterocycles. The summed E-state index contributed by atoms with van der Waals surface area (Å²) in [5, 5.41) is 9.33. The third-order valence-corrected chi connectivity index (χ3v) is 2.12. The summed E-state index contributed by atoms with van der Waals surface area (Å²) in [5.41, 5.74) is 0. The molecule has 11 heavy (non-hydrogen) atoms. The molecule has 2 nitrogen and oxygen atoms in total. The molecular weight excluding hydrogens is 140 g/mol. The molecule has 1 aliphatic carbocycles. The van der Waals surface area contributed by atoms with Crippen LogP contribution in [-0.4, -0.2) is 24.4 Å². The van der Waals surface area contributed by atoms with Gasteiger partial charge in [-0.05, 0) is 25.7 Å². The maximum Gasteiger partial charge on any atom is 0.0773 e. The van der Waals surface area contributed by atoms with Gasteiger partial charge in [-0.3, -0.25) is 0 Å².